The van der Waals surface area contributed by atoms with E-state index in [-0.39, 0.29) is 11.4 Å². The van der Waals surface area contributed by atoms with Gasteiger partial charge in [-0.3, -0.25) is 4.79 Å². The van der Waals surface area contributed by atoms with Crippen LogP contribution in [0.1, 0.15) is 16.1 Å². The van der Waals surface area contributed by atoms with Crippen molar-refractivity contribution >= 4 is 22.6 Å². The highest BCUT2D eigenvalue weighted by molar-refractivity contribution is 6.03. The molecule has 0 spiro atoms. The normalized spacial score (nSPS) is 11.4. The van der Waals surface area contributed by atoms with E-state index in [1.165, 1.54) is 18.2 Å². The molecule has 2 heterocycles. The third kappa shape index (κ3) is 3.28. The van der Waals surface area contributed by atoms with Gasteiger partial charge in [0.1, 0.15) is 5.69 Å². The Kier molecular flexibility index (Phi) is 3.69. The van der Waals surface area contributed by atoms with Gasteiger partial charge in [0, 0.05) is 17.3 Å². The van der Waals surface area contributed by atoms with Gasteiger partial charge in [-0.05, 0) is 48.5 Å². The summed E-state index contributed by atoms with van der Waals surface area (Å²) in [5, 5.41) is 3.30. The van der Waals surface area contributed by atoms with Gasteiger partial charge in [-0.2, -0.15) is 13.2 Å². The van der Waals surface area contributed by atoms with Crippen LogP contribution in [-0.4, -0.2) is 15.9 Å². The van der Waals surface area contributed by atoms with Crippen LogP contribution in [0, 0.1) is 0 Å². The van der Waals surface area contributed by atoms with Crippen molar-refractivity contribution in [3.05, 3.63) is 66.0 Å². The molecule has 0 bridgehead atoms. The maximum absolute atomic E-state index is 12.5. The van der Waals surface area contributed by atoms with E-state index in [1.807, 2.05) is 6.07 Å². The van der Waals surface area contributed by atoms with Crippen molar-refractivity contribution in [1.82, 2.24) is 9.97 Å². The molecule has 1 N–H and O–H groups in total. The predicted molar refractivity (Wildman–Crippen MR) is 78.9 cm³/mol. The van der Waals surface area contributed by atoms with Gasteiger partial charge in [-0.25, -0.2) is 9.97 Å². The maximum atomic E-state index is 12.5. The molecule has 116 valence electrons. The van der Waals surface area contributed by atoms with Crippen molar-refractivity contribution in [3.8, 4) is 0 Å². The molecule has 0 saturated heterocycles. The Morgan fingerprint density at radius 3 is 2.43 bits per heavy atom. The summed E-state index contributed by atoms with van der Waals surface area (Å²) in [6.45, 7) is 0. The number of anilines is 1. The lowest BCUT2D eigenvalue weighted by atomic mass is 10.2. The van der Waals surface area contributed by atoms with E-state index < -0.39 is 17.6 Å². The summed E-state index contributed by atoms with van der Waals surface area (Å²) in [5.41, 5.74) is 0.0399. The molecule has 0 unspecified atom stereocenters. The van der Waals surface area contributed by atoms with E-state index >= 15 is 0 Å². The van der Waals surface area contributed by atoms with Crippen LogP contribution in [0.3, 0.4) is 0 Å². The molecule has 23 heavy (non-hydrogen) atoms. The molecule has 0 radical (unpaired) electrons. The lowest BCUT2D eigenvalue weighted by molar-refractivity contribution is -0.137. The van der Waals surface area contributed by atoms with Gasteiger partial charge < -0.3 is 5.32 Å². The summed E-state index contributed by atoms with van der Waals surface area (Å²) >= 11 is 0. The monoisotopic (exact) mass is 317 g/mol. The molecule has 0 saturated carbocycles. The Morgan fingerprint density at radius 1 is 1.00 bits per heavy atom. The smallest absolute Gasteiger partial charge is 0.321 e. The number of halogens is 3. The highest BCUT2D eigenvalue weighted by Gasteiger charge is 2.30. The molecule has 7 heteroatoms. The molecule has 2 aromatic heterocycles. The van der Waals surface area contributed by atoms with Crippen LogP contribution in [0.5, 0.6) is 0 Å². The number of pyridine rings is 2. The van der Waals surface area contributed by atoms with Gasteiger partial charge in [0.15, 0.2) is 5.65 Å². The van der Waals surface area contributed by atoms with Gasteiger partial charge >= 0.3 is 6.18 Å². The first-order valence-electron chi connectivity index (χ1n) is 6.64. The quantitative estimate of drug-likeness (QED) is 0.780. The van der Waals surface area contributed by atoms with Crippen LogP contribution in [0.15, 0.2) is 54.7 Å². The van der Waals surface area contributed by atoms with Crippen molar-refractivity contribution in [2.24, 2.45) is 0 Å². The molecule has 3 aromatic rings. The molecule has 1 amide bonds. The molecule has 1 aromatic carbocycles. The first kappa shape index (κ1) is 15.0. The summed E-state index contributed by atoms with van der Waals surface area (Å²) < 4.78 is 37.5. The van der Waals surface area contributed by atoms with E-state index in [1.54, 1.807) is 18.3 Å². The fourth-order valence-corrected chi connectivity index (χ4v) is 2.02. The van der Waals surface area contributed by atoms with Gasteiger partial charge in [0.2, 0.25) is 0 Å². The number of hydrogen-bond acceptors (Lipinski definition) is 3. The number of rotatable bonds is 2. The van der Waals surface area contributed by atoms with E-state index in [0.717, 1.165) is 17.5 Å². The number of hydrogen-bond donors (Lipinski definition) is 1. The first-order chi connectivity index (χ1) is 10.9. The Bertz CT molecular complexity index is 860. The maximum Gasteiger partial charge on any atom is 0.416 e. The van der Waals surface area contributed by atoms with E-state index in [9.17, 15) is 18.0 Å². The third-order valence-corrected chi connectivity index (χ3v) is 3.17. The summed E-state index contributed by atoms with van der Waals surface area (Å²) in [7, 11) is 0. The molecular formula is C16H10F3N3O. The average molecular weight is 317 g/mol. The molecular weight excluding hydrogens is 307 g/mol. The lowest BCUT2D eigenvalue weighted by Gasteiger charge is -2.08. The zero-order valence-corrected chi connectivity index (χ0v) is 11.6. The minimum absolute atomic E-state index is 0.135. The zero-order chi connectivity index (χ0) is 16.4. The van der Waals surface area contributed by atoms with Gasteiger partial charge in [0.05, 0.1) is 5.56 Å². The van der Waals surface area contributed by atoms with Crippen molar-refractivity contribution in [1.29, 1.82) is 0 Å². The van der Waals surface area contributed by atoms with Crippen molar-refractivity contribution in [2.75, 3.05) is 5.32 Å². The van der Waals surface area contributed by atoms with Crippen molar-refractivity contribution in [3.63, 3.8) is 0 Å². The minimum atomic E-state index is -4.41. The van der Waals surface area contributed by atoms with E-state index in [0.29, 0.717) is 5.65 Å². The second-order valence-corrected chi connectivity index (χ2v) is 4.78. The van der Waals surface area contributed by atoms with Crippen LogP contribution >= 0.6 is 0 Å². The first-order valence-corrected chi connectivity index (χ1v) is 6.64. The highest BCUT2D eigenvalue weighted by Crippen LogP contribution is 2.29. The predicted octanol–water partition coefficient (Wildman–Crippen LogP) is 3.90. The summed E-state index contributed by atoms with van der Waals surface area (Å²) in [6, 6.07) is 11.0. The van der Waals surface area contributed by atoms with Crippen LogP contribution in [0.4, 0.5) is 18.9 Å². The second kappa shape index (κ2) is 5.68. The molecule has 0 aliphatic heterocycles. The Morgan fingerprint density at radius 2 is 1.74 bits per heavy atom. The molecule has 0 aliphatic rings. The number of carbonyl (C=O) groups is 1. The Labute approximate surface area is 129 Å². The minimum Gasteiger partial charge on any atom is -0.321 e. The zero-order valence-electron chi connectivity index (χ0n) is 11.6. The van der Waals surface area contributed by atoms with E-state index in [2.05, 4.69) is 15.3 Å². The fraction of sp³-hybridized carbons (Fsp3) is 0.0625. The number of aromatic nitrogens is 2. The van der Waals surface area contributed by atoms with Gasteiger partial charge in [0.25, 0.3) is 5.91 Å². The number of nitrogens with one attached hydrogen (secondary N) is 1. The third-order valence-electron chi connectivity index (χ3n) is 3.17. The topological polar surface area (TPSA) is 54.9 Å². The van der Waals surface area contributed by atoms with Crippen LogP contribution in [-0.2, 0) is 6.18 Å². The van der Waals surface area contributed by atoms with Crippen LogP contribution in [0.2, 0.25) is 0 Å². The molecule has 4 nitrogen and oxygen atoms in total. The lowest BCUT2D eigenvalue weighted by Crippen LogP contribution is -2.14. The van der Waals surface area contributed by atoms with Gasteiger partial charge in [-0.1, -0.05) is 0 Å². The van der Waals surface area contributed by atoms with Crippen molar-refractivity contribution in [2.45, 2.75) is 6.18 Å². The second-order valence-electron chi connectivity index (χ2n) is 4.78. The molecule has 0 aliphatic carbocycles. The van der Waals surface area contributed by atoms with Gasteiger partial charge in [-0.15, -0.1) is 0 Å². The number of amides is 1. The number of alkyl halides is 3. The standard InChI is InChI=1S/C16H10F3N3O/c17-16(18,19)11-4-6-12(7-5-11)21-15(23)13-8-3-10-2-1-9-20-14(10)22-13/h1-9H,(H,21,23). The Balaban J connectivity index is 1.80. The number of benzene rings is 1. The summed E-state index contributed by atoms with van der Waals surface area (Å²) in [4.78, 5) is 20.3. The largest absolute Gasteiger partial charge is 0.416 e. The number of nitrogens with zero attached hydrogens (tertiary/aromatic N) is 2. The van der Waals surface area contributed by atoms with Crippen LogP contribution < -0.4 is 5.32 Å². The Hall–Kier alpha value is -2.96. The highest BCUT2D eigenvalue weighted by atomic mass is 19.4. The summed E-state index contributed by atoms with van der Waals surface area (Å²) in [6.07, 6.45) is -2.85. The summed E-state index contributed by atoms with van der Waals surface area (Å²) in [5.74, 6) is -0.516. The fourth-order valence-electron chi connectivity index (χ4n) is 2.02. The van der Waals surface area contributed by atoms with Crippen LogP contribution in [0.25, 0.3) is 11.0 Å². The average Bonchev–Trinajstić information content (AvgIpc) is 2.54. The number of fused-ring (bicyclic) bond motifs is 1. The molecule has 3 rings (SSSR count). The van der Waals surface area contributed by atoms with E-state index in [4.69, 9.17) is 0 Å². The number of carbonyl (C=O) groups excluding carboxylic acids is 1. The van der Waals surface area contributed by atoms with Crippen molar-refractivity contribution < 1.29 is 18.0 Å². The molecule has 0 atom stereocenters. The molecule has 0 fully saturated rings. The SMILES string of the molecule is O=C(Nc1ccc(C(F)(F)F)cc1)c1ccc2cccnc2n1.